The van der Waals surface area contributed by atoms with Gasteiger partial charge in [0.1, 0.15) is 0 Å². The first-order valence-electron chi connectivity index (χ1n) is 4.26. The van der Waals surface area contributed by atoms with Crippen LogP contribution in [0, 0.1) is 0 Å². The van der Waals surface area contributed by atoms with Gasteiger partial charge in [-0.3, -0.25) is 4.79 Å². The number of nitrogens with two attached hydrogens (primary N) is 1. The van der Waals surface area contributed by atoms with Crippen molar-refractivity contribution in [1.82, 2.24) is 0 Å². The van der Waals surface area contributed by atoms with Crippen LogP contribution in [0.2, 0.25) is 0 Å². The SMILES string of the molecule is NN=Cc1ccc(CCC(=O)O)cc1. The molecule has 0 aromatic heterocycles. The van der Waals surface area contributed by atoms with Gasteiger partial charge in [-0.2, -0.15) is 5.10 Å². The summed E-state index contributed by atoms with van der Waals surface area (Å²) in [6, 6.07) is 7.46. The molecule has 0 saturated carbocycles. The molecule has 0 aliphatic heterocycles. The Bertz CT molecular complexity index is 330. The second kappa shape index (κ2) is 5.01. The first-order chi connectivity index (χ1) is 6.72. The minimum absolute atomic E-state index is 0.157. The summed E-state index contributed by atoms with van der Waals surface area (Å²) in [4.78, 5) is 10.3. The first kappa shape index (κ1) is 10.2. The predicted molar refractivity (Wildman–Crippen MR) is 54.2 cm³/mol. The van der Waals surface area contributed by atoms with Crippen molar-refractivity contribution in [3.63, 3.8) is 0 Å². The summed E-state index contributed by atoms with van der Waals surface area (Å²) >= 11 is 0. The van der Waals surface area contributed by atoms with Crippen LogP contribution in [0.1, 0.15) is 17.5 Å². The van der Waals surface area contributed by atoms with Crippen molar-refractivity contribution in [2.45, 2.75) is 12.8 Å². The molecule has 1 aromatic rings. The highest BCUT2D eigenvalue weighted by Gasteiger charge is 1.98. The van der Waals surface area contributed by atoms with Crippen LogP contribution in [0.4, 0.5) is 0 Å². The summed E-state index contributed by atoms with van der Waals surface area (Å²) < 4.78 is 0. The van der Waals surface area contributed by atoms with E-state index in [1.165, 1.54) is 0 Å². The lowest BCUT2D eigenvalue weighted by Gasteiger charge is -1.98. The number of aliphatic carboxylic acids is 1. The maximum Gasteiger partial charge on any atom is 0.303 e. The lowest BCUT2D eigenvalue weighted by molar-refractivity contribution is -0.136. The third kappa shape index (κ3) is 3.26. The van der Waals surface area contributed by atoms with E-state index in [0.29, 0.717) is 6.42 Å². The third-order valence-electron chi connectivity index (χ3n) is 1.83. The Morgan fingerprint density at radius 1 is 1.43 bits per heavy atom. The van der Waals surface area contributed by atoms with Gasteiger partial charge in [0.15, 0.2) is 0 Å². The lowest BCUT2D eigenvalue weighted by atomic mass is 10.1. The highest BCUT2D eigenvalue weighted by atomic mass is 16.4. The summed E-state index contributed by atoms with van der Waals surface area (Å²) in [5.74, 6) is 4.21. The largest absolute Gasteiger partial charge is 0.481 e. The van der Waals surface area contributed by atoms with Crippen LogP contribution in [0.15, 0.2) is 29.4 Å². The maximum absolute atomic E-state index is 10.3. The fourth-order valence-electron chi connectivity index (χ4n) is 1.11. The second-order valence-electron chi connectivity index (χ2n) is 2.91. The van der Waals surface area contributed by atoms with E-state index in [-0.39, 0.29) is 6.42 Å². The molecule has 0 saturated heterocycles. The number of hydrogen-bond donors (Lipinski definition) is 2. The fraction of sp³-hybridized carbons (Fsp3) is 0.200. The molecule has 0 fully saturated rings. The number of carbonyl (C=O) groups is 1. The Kier molecular flexibility index (Phi) is 3.67. The minimum atomic E-state index is -0.780. The zero-order valence-electron chi connectivity index (χ0n) is 7.68. The molecule has 0 spiro atoms. The first-order valence-corrected chi connectivity index (χ1v) is 4.26. The Morgan fingerprint density at radius 3 is 2.57 bits per heavy atom. The van der Waals surface area contributed by atoms with Crippen LogP contribution < -0.4 is 5.84 Å². The highest BCUT2D eigenvalue weighted by Crippen LogP contribution is 2.05. The number of hydrazone groups is 1. The van der Waals surface area contributed by atoms with Gasteiger partial charge < -0.3 is 10.9 Å². The van der Waals surface area contributed by atoms with Crippen LogP contribution >= 0.6 is 0 Å². The monoisotopic (exact) mass is 192 g/mol. The summed E-state index contributed by atoms with van der Waals surface area (Å²) in [7, 11) is 0. The van der Waals surface area contributed by atoms with Crippen molar-refractivity contribution in [3.05, 3.63) is 35.4 Å². The van der Waals surface area contributed by atoms with E-state index >= 15 is 0 Å². The van der Waals surface area contributed by atoms with Crippen LogP contribution in [-0.4, -0.2) is 17.3 Å². The topological polar surface area (TPSA) is 75.7 Å². The fourth-order valence-corrected chi connectivity index (χ4v) is 1.11. The summed E-state index contributed by atoms with van der Waals surface area (Å²) in [5, 5.41) is 11.9. The Morgan fingerprint density at radius 2 is 2.07 bits per heavy atom. The van der Waals surface area contributed by atoms with Crippen molar-refractivity contribution in [2.24, 2.45) is 10.9 Å². The van der Waals surface area contributed by atoms with Gasteiger partial charge in [-0.25, -0.2) is 0 Å². The summed E-state index contributed by atoms with van der Waals surface area (Å²) in [6.07, 6.45) is 2.25. The molecule has 0 aliphatic carbocycles. The van der Waals surface area contributed by atoms with Gasteiger partial charge in [0.2, 0.25) is 0 Å². The number of rotatable bonds is 4. The summed E-state index contributed by atoms with van der Waals surface area (Å²) in [5.41, 5.74) is 1.91. The van der Waals surface area contributed by atoms with Gasteiger partial charge in [0.05, 0.1) is 6.21 Å². The Hall–Kier alpha value is -1.84. The van der Waals surface area contributed by atoms with Crippen molar-refractivity contribution < 1.29 is 9.90 Å². The number of hydrogen-bond acceptors (Lipinski definition) is 3. The average molecular weight is 192 g/mol. The van der Waals surface area contributed by atoms with Gasteiger partial charge in [-0.15, -0.1) is 0 Å². The molecule has 0 heterocycles. The quantitative estimate of drug-likeness (QED) is 0.424. The zero-order chi connectivity index (χ0) is 10.4. The Labute approximate surface area is 82.1 Å². The number of carboxylic acid groups (broad SMARTS) is 1. The number of carboxylic acids is 1. The second-order valence-corrected chi connectivity index (χ2v) is 2.91. The molecular weight excluding hydrogens is 180 g/mol. The average Bonchev–Trinajstić information content (AvgIpc) is 2.17. The van der Waals surface area contributed by atoms with E-state index in [9.17, 15) is 4.79 Å². The predicted octanol–water partition coefficient (Wildman–Crippen LogP) is 0.996. The van der Waals surface area contributed by atoms with Crippen LogP contribution in [0.25, 0.3) is 0 Å². The van der Waals surface area contributed by atoms with Crippen molar-refractivity contribution >= 4 is 12.2 Å². The molecule has 4 nitrogen and oxygen atoms in total. The molecule has 0 radical (unpaired) electrons. The smallest absolute Gasteiger partial charge is 0.303 e. The van der Waals surface area contributed by atoms with E-state index in [2.05, 4.69) is 5.10 Å². The molecule has 4 heteroatoms. The lowest BCUT2D eigenvalue weighted by Crippen LogP contribution is -1.97. The number of benzene rings is 1. The molecule has 0 amide bonds. The van der Waals surface area contributed by atoms with Crippen LogP contribution in [0.5, 0.6) is 0 Å². The molecule has 0 aliphatic rings. The van der Waals surface area contributed by atoms with Gasteiger partial charge >= 0.3 is 5.97 Å². The van der Waals surface area contributed by atoms with Gasteiger partial charge in [-0.05, 0) is 17.5 Å². The summed E-state index contributed by atoms with van der Waals surface area (Å²) in [6.45, 7) is 0. The van der Waals surface area contributed by atoms with Gasteiger partial charge in [0.25, 0.3) is 0 Å². The van der Waals surface area contributed by atoms with Crippen molar-refractivity contribution in [1.29, 1.82) is 0 Å². The van der Waals surface area contributed by atoms with E-state index in [0.717, 1.165) is 11.1 Å². The molecule has 3 N–H and O–H groups in total. The van der Waals surface area contributed by atoms with Crippen LogP contribution in [-0.2, 0) is 11.2 Å². The van der Waals surface area contributed by atoms with E-state index in [1.54, 1.807) is 6.21 Å². The molecule has 14 heavy (non-hydrogen) atoms. The molecule has 0 unspecified atom stereocenters. The molecule has 1 aromatic carbocycles. The number of nitrogens with zero attached hydrogens (tertiary/aromatic N) is 1. The zero-order valence-corrected chi connectivity index (χ0v) is 7.68. The van der Waals surface area contributed by atoms with Crippen molar-refractivity contribution in [3.8, 4) is 0 Å². The molecular formula is C10H12N2O2. The highest BCUT2D eigenvalue weighted by molar-refractivity contribution is 5.79. The van der Waals surface area contributed by atoms with Crippen LogP contribution in [0.3, 0.4) is 0 Å². The standard InChI is InChI=1S/C10H12N2O2/c11-12-7-9-3-1-8(2-4-9)5-6-10(13)14/h1-4,7H,5-6,11H2,(H,13,14). The molecule has 0 atom stereocenters. The minimum Gasteiger partial charge on any atom is -0.481 e. The molecule has 0 bridgehead atoms. The van der Waals surface area contributed by atoms with E-state index in [4.69, 9.17) is 10.9 Å². The normalized spacial score (nSPS) is 10.6. The molecule has 1 rings (SSSR count). The van der Waals surface area contributed by atoms with E-state index < -0.39 is 5.97 Å². The third-order valence-corrected chi connectivity index (χ3v) is 1.83. The van der Waals surface area contributed by atoms with Gasteiger partial charge in [0, 0.05) is 6.42 Å². The maximum atomic E-state index is 10.3. The van der Waals surface area contributed by atoms with Crippen molar-refractivity contribution in [2.75, 3.05) is 0 Å². The van der Waals surface area contributed by atoms with E-state index in [1.807, 2.05) is 24.3 Å². The van der Waals surface area contributed by atoms with Gasteiger partial charge in [-0.1, -0.05) is 24.3 Å². The molecule has 74 valence electrons. The number of aryl methyl sites for hydroxylation is 1. The Balaban J connectivity index is 2.59.